The van der Waals surface area contributed by atoms with Gasteiger partial charge in [-0.05, 0) is 41.5 Å². The number of pyridine rings is 1. The number of nitrogens with two attached hydrogens (primary N) is 1. The van der Waals surface area contributed by atoms with E-state index in [2.05, 4.69) is 19.8 Å². The van der Waals surface area contributed by atoms with Gasteiger partial charge in [-0.3, -0.25) is 9.40 Å². The third kappa shape index (κ3) is 4.58. The van der Waals surface area contributed by atoms with Gasteiger partial charge in [0.25, 0.3) is 0 Å². The molecule has 0 saturated heterocycles. The van der Waals surface area contributed by atoms with Crippen molar-refractivity contribution in [2.24, 2.45) is 0 Å². The summed E-state index contributed by atoms with van der Waals surface area (Å²) in [5, 5.41) is 5.46. The number of aromatic amines is 1. The number of rotatable bonds is 6. The van der Waals surface area contributed by atoms with E-state index in [0.717, 1.165) is 50.8 Å². The van der Waals surface area contributed by atoms with Gasteiger partial charge in [0.15, 0.2) is 0 Å². The van der Waals surface area contributed by atoms with Crippen LogP contribution in [0, 0.1) is 0 Å². The first-order valence-electron chi connectivity index (χ1n) is 10.3. The maximum absolute atomic E-state index is 11.6. The molecule has 0 atom stereocenters. The molecule has 5 rings (SSSR count). The zero-order chi connectivity index (χ0) is 23.0. The second kappa shape index (κ2) is 8.10. The van der Waals surface area contributed by atoms with Crippen molar-refractivity contribution in [2.75, 3.05) is 16.7 Å². The molecule has 33 heavy (non-hydrogen) atoms. The predicted molar refractivity (Wildman–Crippen MR) is 131 cm³/mol. The molecule has 0 spiro atoms. The van der Waals surface area contributed by atoms with Crippen molar-refractivity contribution in [2.45, 2.75) is 6.54 Å². The first kappa shape index (κ1) is 20.8. The Kier molecular flexibility index (Phi) is 5.10. The van der Waals surface area contributed by atoms with Crippen LogP contribution in [0.25, 0.3) is 33.3 Å². The molecule has 5 aromatic rings. The number of anilines is 2. The van der Waals surface area contributed by atoms with Crippen LogP contribution < -0.4 is 10.5 Å². The summed E-state index contributed by atoms with van der Waals surface area (Å²) in [6, 6.07) is 17.0. The predicted octanol–water partition coefficient (Wildman–Crippen LogP) is 4.10. The Bertz CT molecular complexity index is 1570. The lowest BCUT2D eigenvalue weighted by Gasteiger charge is -2.07. The Balaban J connectivity index is 1.47. The monoisotopic (exact) mass is 458 g/mol. The number of nitrogen functional groups attached to an aromatic ring is 1. The molecule has 0 radical (unpaired) electrons. The van der Waals surface area contributed by atoms with Crippen LogP contribution in [0.4, 0.5) is 11.4 Å². The van der Waals surface area contributed by atoms with Gasteiger partial charge in [-0.2, -0.15) is 5.10 Å². The Morgan fingerprint density at radius 1 is 1.03 bits per heavy atom. The average Bonchev–Trinajstić information content (AvgIpc) is 3.39. The fourth-order valence-electron chi connectivity index (χ4n) is 3.84. The molecule has 9 heteroatoms. The second-order valence-corrected chi connectivity index (χ2v) is 9.70. The molecule has 0 aliphatic rings. The fourth-order valence-corrected chi connectivity index (χ4v) is 4.40. The van der Waals surface area contributed by atoms with Gasteiger partial charge in [0.2, 0.25) is 10.0 Å². The van der Waals surface area contributed by atoms with Crippen LogP contribution in [-0.2, 0) is 16.6 Å². The van der Waals surface area contributed by atoms with E-state index < -0.39 is 10.0 Å². The van der Waals surface area contributed by atoms with Crippen LogP contribution in [0.5, 0.6) is 0 Å². The highest BCUT2D eigenvalue weighted by Crippen LogP contribution is 2.31. The lowest BCUT2D eigenvalue weighted by molar-refractivity contribution is 0.607. The van der Waals surface area contributed by atoms with Gasteiger partial charge in [0.05, 0.1) is 19.0 Å². The van der Waals surface area contributed by atoms with Gasteiger partial charge in [-0.25, -0.2) is 13.4 Å². The van der Waals surface area contributed by atoms with Crippen LogP contribution in [0.2, 0.25) is 0 Å². The van der Waals surface area contributed by atoms with Gasteiger partial charge < -0.3 is 10.7 Å². The Labute approximate surface area is 191 Å². The molecule has 4 N–H and O–H groups in total. The van der Waals surface area contributed by atoms with Gasteiger partial charge in [-0.1, -0.05) is 24.3 Å². The number of benzene rings is 2. The highest BCUT2D eigenvalue weighted by atomic mass is 32.2. The quantitative estimate of drug-likeness (QED) is 0.331. The lowest BCUT2D eigenvalue weighted by Crippen LogP contribution is -2.09. The van der Waals surface area contributed by atoms with Gasteiger partial charge in [0, 0.05) is 52.0 Å². The molecular weight excluding hydrogens is 436 g/mol. The summed E-state index contributed by atoms with van der Waals surface area (Å²) in [4.78, 5) is 7.77. The molecule has 0 bridgehead atoms. The van der Waals surface area contributed by atoms with E-state index in [9.17, 15) is 8.42 Å². The summed E-state index contributed by atoms with van der Waals surface area (Å²) in [6.45, 7) is 0.622. The molecular formula is C24H22N6O2S. The van der Waals surface area contributed by atoms with Crippen LogP contribution >= 0.6 is 0 Å². The molecule has 0 aliphatic carbocycles. The van der Waals surface area contributed by atoms with Crippen molar-refractivity contribution in [3.05, 3.63) is 84.9 Å². The second-order valence-electron chi connectivity index (χ2n) is 7.95. The maximum atomic E-state index is 11.6. The molecule has 0 unspecified atom stereocenters. The Hall–Kier alpha value is -4.11. The smallest absolute Gasteiger partial charge is 0.229 e. The van der Waals surface area contributed by atoms with Crippen molar-refractivity contribution < 1.29 is 8.42 Å². The van der Waals surface area contributed by atoms with Crippen LogP contribution in [0.15, 0.2) is 79.4 Å². The summed E-state index contributed by atoms with van der Waals surface area (Å²) in [5.41, 5.74) is 12.7. The van der Waals surface area contributed by atoms with Gasteiger partial charge >= 0.3 is 0 Å². The van der Waals surface area contributed by atoms with Crippen LogP contribution in [0.3, 0.4) is 0 Å². The van der Waals surface area contributed by atoms with E-state index in [1.54, 1.807) is 18.3 Å². The third-order valence-electron chi connectivity index (χ3n) is 5.27. The van der Waals surface area contributed by atoms with Crippen molar-refractivity contribution in [1.29, 1.82) is 0 Å². The highest BCUT2D eigenvalue weighted by molar-refractivity contribution is 7.92. The minimum absolute atomic E-state index is 0.507. The van der Waals surface area contributed by atoms with E-state index in [1.165, 1.54) is 0 Å². The van der Waals surface area contributed by atoms with Crippen molar-refractivity contribution in [1.82, 2.24) is 19.7 Å². The van der Waals surface area contributed by atoms with Crippen LogP contribution in [-0.4, -0.2) is 34.4 Å². The average molecular weight is 459 g/mol. The molecule has 0 saturated carbocycles. The summed E-state index contributed by atoms with van der Waals surface area (Å²) >= 11 is 0. The zero-order valence-electron chi connectivity index (χ0n) is 17.9. The highest BCUT2D eigenvalue weighted by Gasteiger charge is 2.12. The molecule has 2 aromatic carbocycles. The van der Waals surface area contributed by atoms with Gasteiger partial charge in [-0.15, -0.1) is 0 Å². The molecule has 3 aromatic heterocycles. The Morgan fingerprint density at radius 2 is 1.88 bits per heavy atom. The maximum Gasteiger partial charge on any atom is 0.229 e. The topological polar surface area (TPSA) is 119 Å². The normalized spacial score (nSPS) is 11.7. The summed E-state index contributed by atoms with van der Waals surface area (Å²) in [5.74, 6) is 0. The number of aromatic nitrogens is 4. The Morgan fingerprint density at radius 3 is 2.70 bits per heavy atom. The molecule has 0 fully saturated rings. The first-order valence-corrected chi connectivity index (χ1v) is 12.2. The summed E-state index contributed by atoms with van der Waals surface area (Å²) in [6.07, 6.45) is 8.65. The molecule has 8 nitrogen and oxygen atoms in total. The molecule has 3 heterocycles. The SMILES string of the molecule is CS(=O)(=O)Nc1cccc(-c2cnc3[nH]cc(-c4cnn(Cc5cccc(N)c5)c4)c3c2)c1. The fraction of sp³-hybridized carbons (Fsp3) is 0.0833. The number of hydrogen-bond acceptors (Lipinski definition) is 5. The van der Waals surface area contributed by atoms with E-state index in [1.807, 2.05) is 65.7 Å². The van der Waals surface area contributed by atoms with Gasteiger partial charge in [0.1, 0.15) is 5.65 Å². The number of nitrogens with one attached hydrogen (secondary N) is 2. The first-order chi connectivity index (χ1) is 15.8. The minimum atomic E-state index is -3.35. The zero-order valence-corrected chi connectivity index (χ0v) is 18.7. The summed E-state index contributed by atoms with van der Waals surface area (Å²) < 4.78 is 27.6. The molecule has 0 aliphatic heterocycles. The number of nitrogens with zero attached hydrogens (tertiary/aromatic N) is 3. The molecule has 166 valence electrons. The number of hydrogen-bond donors (Lipinski definition) is 3. The third-order valence-corrected chi connectivity index (χ3v) is 5.88. The van der Waals surface area contributed by atoms with E-state index in [0.29, 0.717) is 12.2 Å². The number of sulfonamides is 1. The van der Waals surface area contributed by atoms with Crippen molar-refractivity contribution in [3.8, 4) is 22.3 Å². The van der Waals surface area contributed by atoms with Crippen molar-refractivity contribution in [3.63, 3.8) is 0 Å². The minimum Gasteiger partial charge on any atom is -0.399 e. The largest absolute Gasteiger partial charge is 0.399 e. The standard InChI is InChI=1S/C24H22N6O2S/c1-33(31,32)29-21-7-3-5-17(9-21)18-10-22-23(13-27-24(22)26-11-18)19-12-28-30(15-19)14-16-4-2-6-20(25)8-16/h2-13,15,29H,14,25H2,1H3,(H,26,27). The van der Waals surface area contributed by atoms with Crippen LogP contribution in [0.1, 0.15) is 5.56 Å². The van der Waals surface area contributed by atoms with Crippen molar-refractivity contribution >= 4 is 32.4 Å². The van der Waals surface area contributed by atoms with E-state index in [-0.39, 0.29) is 0 Å². The van der Waals surface area contributed by atoms with E-state index >= 15 is 0 Å². The summed E-state index contributed by atoms with van der Waals surface area (Å²) in [7, 11) is -3.35. The van der Waals surface area contributed by atoms with E-state index in [4.69, 9.17) is 5.73 Å². The number of fused-ring (bicyclic) bond motifs is 1. The number of H-pyrrole nitrogens is 1. The molecule has 0 amide bonds. The lowest BCUT2D eigenvalue weighted by atomic mass is 10.0.